The predicted octanol–water partition coefficient (Wildman–Crippen LogP) is 2.33. The molecule has 1 aromatic carbocycles. The van der Waals surface area contributed by atoms with Gasteiger partial charge in [-0.25, -0.2) is 4.99 Å². The number of nitrogens with one attached hydrogen (secondary N) is 1. The van der Waals surface area contributed by atoms with Gasteiger partial charge in [-0.15, -0.1) is 12.4 Å². The summed E-state index contributed by atoms with van der Waals surface area (Å²) in [7, 11) is 0. The van der Waals surface area contributed by atoms with Crippen molar-refractivity contribution in [1.29, 1.82) is 0 Å². The zero-order chi connectivity index (χ0) is 11.7. The number of aliphatic imine (C=N–C) groups is 1. The smallest absolute Gasteiger partial charge is 0.147 e. The lowest BCUT2D eigenvalue weighted by molar-refractivity contribution is 0.822. The average molecular weight is 261 g/mol. The van der Waals surface area contributed by atoms with Crippen molar-refractivity contribution in [3.8, 4) is 0 Å². The first-order chi connectivity index (χ1) is 8.34. The van der Waals surface area contributed by atoms with Crippen LogP contribution >= 0.6 is 12.4 Å². The Morgan fingerprint density at radius 2 is 1.78 bits per heavy atom. The molecular weight excluding hydrogens is 248 g/mol. The van der Waals surface area contributed by atoms with Crippen molar-refractivity contribution in [2.24, 2.45) is 10.7 Å². The van der Waals surface area contributed by atoms with Crippen molar-refractivity contribution < 1.29 is 0 Å². The maximum Gasteiger partial charge on any atom is 0.147 e. The number of nitrogens with two attached hydrogens (primary N) is 1. The van der Waals surface area contributed by atoms with E-state index in [0.717, 1.165) is 16.8 Å². The molecule has 5 heteroatoms. The van der Waals surface area contributed by atoms with Crippen molar-refractivity contribution in [3.63, 3.8) is 0 Å². The summed E-state index contributed by atoms with van der Waals surface area (Å²) in [6.45, 7) is 0. The van der Waals surface area contributed by atoms with Crippen LogP contribution in [-0.4, -0.2) is 10.8 Å². The number of hydrogen-bond acceptors (Lipinski definition) is 4. The highest BCUT2D eigenvalue weighted by molar-refractivity contribution is 6.03. The highest BCUT2D eigenvalue weighted by Crippen LogP contribution is 2.27. The van der Waals surface area contributed by atoms with Crippen molar-refractivity contribution in [1.82, 2.24) is 4.98 Å². The first-order valence-corrected chi connectivity index (χ1v) is 5.44. The summed E-state index contributed by atoms with van der Waals surface area (Å²) in [6.07, 6.45) is 3.37. The normalized spacial score (nSPS) is 16.9. The summed E-state index contributed by atoms with van der Waals surface area (Å²) in [5.41, 5.74) is 8.99. The van der Waals surface area contributed by atoms with Crippen LogP contribution in [0.15, 0.2) is 53.8 Å². The van der Waals surface area contributed by atoms with E-state index >= 15 is 0 Å². The molecule has 2 aromatic rings. The highest BCUT2D eigenvalue weighted by Gasteiger charge is 2.18. The van der Waals surface area contributed by atoms with Crippen LogP contribution < -0.4 is 11.1 Å². The third kappa shape index (κ3) is 2.15. The van der Waals surface area contributed by atoms with Crippen molar-refractivity contribution in [2.75, 3.05) is 5.32 Å². The van der Waals surface area contributed by atoms with E-state index in [1.54, 1.807) is 12.4 Å². The lowest BCUT2D eigenvalue weighted by Gasteiger charge is -2.24. The number of amidine groups is 1. The molecule has 0 aliphatic carbocycles. The quantitative estimate of drug-likeness (QED) is 0.827. The Labute approximate surface area is 111 Å². The van der Waals surface area contributed by atoms with Crippen LogP contribution in [0.4, 0.5) is 5.69 Å². The van der Waals surface area contributed by atoms with Crippen LogP contribution in [0.5, 0.6) is 0 Å². The highest BCUT2D eigenvalue weighted by atomic mass is 35.5. The second-order valence-corrected chi connectivity index (χ2v) is 3.89. The maximum atomic E-state index is 5.97. The molecule has 1 aliphatic rings. The van der Waals surface area contributed by atoms with E-state index in [1.807, 2.05) is 36.4 Å². The molecule has 0 fully saturated rings. The van der Waals surface area contributed by atoms with Gasteiger partial charge in [0.1, 0.15) is 12.0 Å². The summed E-state index contributed by atoms with van der Waals surface area (Å²) in [4.78, 5) is 8.45. The molecule has 0 bridgehead atoms. The molecule has 0 saturated carbocycles. The van der Waals surface area contributed by atoms with Gasteiger partial charge in [0.25, 0.3) is 0 Å². The van der Waals surface area contributed by atoms with Gasteiger partial charge < -0.3 is 11.1 Å². The second-order valence-electron chi connectivity index (χ2n) is 3.89. The number of anilines is 1. The molecule has 18 heavy (non-hydrogen) atoms. The fraction of sp³-hybridized carbons (Fsp3) is 0.0769. The Hall–Kier alpha value is -2.07. The Kier molecular flexibility index (Phi) is 3.48. The second kappa shape index (κ2) is 5.06. The van der Waals surface area contributed by atoms with E-state index in [0.29, 0.717) is 5.84 Å². The van der Waals surface area contributed by atoms with E-state index in [-0.39, 0.29) is 18.6 Å². The first-order valence-electron chi connectivity index (χ1n) is 5.44. The molecule has 1 unspecified atom stereocenters. The number of benzene rings is 1. The minimum absolute atomic E-state index is 0. The van der Waals surface area contributed by atoms with Crippen LogP contribution in [0.2, 0.25) is 0 Å². The molecular formula is C13H13ClN4. The lowest BCUT2D eigenvalue weighted by Crippen LogP contribution is -2.25. The predicted molar refractivity (Wildman–Crippen MR) is 75.0 cm³/mol. The summed E-state index contributed by atoms with van der Waals surface area (Å²) >= 11 is 0. The number of aromatic nitrogens is 1. The van der Waals surface area contributed by atoms with Gasteiger partial charge in [-0.2, -0.15) is 0 Å². The molecule has 0 radical (unpaired) electrons. The fourth-order valence-electron chi connectivity index (χ4n) is 1.92. The SMILES string of the molecule is Cl.NC1=NC(c2ccncc2)Nc2ccccc21. The van der Waals surface area contributed by atoms with Gasteiger partial charge in [0.15, 0.2) is 0 Å². The van der Waals surface area contributed by atoms with Gasteiger partial charge in [0.2, 0.25) is 0 Å². The summed E-state index contributed by atoms with van der Waals surface area (Å²) in [6, 6.07) is 11.8. The summed E-state index contributed by atoms with van der Waals surface area (Å²) in [5, 5.41) is 3.35. The number of rotatable bonds is 1. The standard InChI is InChI=1S/C13H12N4.ClH/c14-12-10-3-1-2-4-11(10)16-13(17-12)9-5-7-15-8-6-9;/h1-8,13,16H,(H2,14,17);1H. The van der Waals surface area contributed by atoms with E-state index < -0.39 is 0 Å². The minimum Gasteiger partial charge on any atom is -0.383 e. The molecule has 1 aromatic heterocycles. The lowest BCUT2D eigenvalue weighted by atomic mass is 10.1. The number of pyridine rings is 1. The van der Waals surface area contributed by atoms with Crippen molar-refractivity contribution in [2.45, 2.75) is 6.17 Å². The topological polar surface area (TPSA) is 63.3 Å². The van der Waals surface area contributed by atoms with Crippen LogP contribution in [0.1, 0.15) is 17.3 Å². The molecule has 0 amide bonds. The van der Waals surface area contributed by atoms with Crippen molar-refractivity contribution >= 4 is 23.9 Å². The van der Waals surface area contributed by atoms with Crippen molar-refractivity contribution in [3.05, 3.63) is 59.9 Å². The van der Waals surface area contributed by atoms with Gasteiger partial charge in [-0.05, 0) is 29.8 Å². The van der Waals surface area contributed by atoms with E-state index in [2.05, 4.69) is 15.3 Å². The number of halogens is 1. The van der Waals surface area contributed by atoms with Crippen LogP contribution in [0.3, 0.4) is 0 Å². The molecule has 0 spiro atoms. The van der Waals surface area contributed by atoms with Crippen LogP contribution in [-0.2, 0) is 0 Å². The maximum absolute atomic E-state index is 5.97. The molecule has 92 valence electrons. The van der Waals surface area contributed by atoms with E-state index in [9.17, 15) is 0 Å². The van der Waals surface area contributed by atoms with Gasteiger partial charge in [0, 0.05) is 23.6 Å². The molecule has 0 saturated heterocycles. The largest absolute Gasteiger partial charge is 0.383 e. The molecule has 1 aliphatic heterocycles. The average Bonchev–Trinajstić information content (AvgIpc) is 2.40. The van der Waals surface area contributed by atoms with E-state index in [1.165, 1.54) is 0 Å². The third-order valence-electron chi connectivity index (χ3n) is 2.79. The summed E-state index contributed by atoms with van der Waals surface area (Å²) < 4.78 is 0. The molecule has 4 nitrogen and oxygen atoms in total. The number of para-hydroxylation sites is 1. The molecule has 1 atom stereocenters. The zero-order valence-corrected chi connectivity index (χ0v) is 10.4. The Morgan fingerprint density at radius 1 is 1.06 bits per heavy atom. The Balaban J connectivity index is 0.00000120. The number of hydrogen-bond donors (Lipinski definition) is 2. The Morgan fingerprint density at radius 3 is 2.56 bits per heavy atom. The van der Waals surface area contributed by atoms with Gasteiger partial charge in [-0.1, -0.05) is 12.1 Å². The first kappa shape index (κ1) is 12.4. The third-order valence-corrected chi connectivity index (χ3v) is 2.79. The molecule has 3 rings (SSSR count). The fourth-order valence-corrected chi connectivity index (χ4v) is 1.92. The molecule has 3 N–H and O–H groups in total. The number of fused-ring (bicyclic) bond motifs is 1. The van der Waals surface area contributed by atoms with Crippen LogP contribution in [0.25, 0.3) is 0 Å². The van der Waals surface area contributed by atoms with Crippen LogP contribution in [0, 0.1) is 0 Å². The minimum atomic E-state index is -0.132. The Bertz CT molecular complexity index is 568. The van der Waals surface area contributed by atoms with Gasteiger partial charge in [0.05, 0.1) is 0 Å². The number of nitrogens with zero attached hydrogens (tertiary/aromatic N) is 2. The molecule has 2 heterocycles. The monoisotopic (exact) mass is 260 g/mol. The van der Waals surface area contributed by atoms with E-state index in [4.69, 9.17) is 5.73 Å². The van der Waals surface area contributed by atoms with Gasteiger partial charge in [-0.3, -0.25) is 4.98 Å². The van der Waals surface area contributed by atoms with Gasteiger partial charge >= 0.3 is 0 Å². The summed E-state index contributed by atoms with van der Waals surface area (Å²) in [5.74, 6) is 0.571. The zero-order valence-electron chi connectivity index (χ0n) is 9.58.